The Hall–Kier alpha value is -1.82. The summed E-state index contributed by atoms with van der Waals surface area (Å²) in [7, 11) is 0. The molecule has 0 radical (unpaired) electrons. The second-order valence-corrected chi connectivity index (χ2v) is 4.45. The van der Waals surface area contributed by atoms with Crippen LogP contribution in [-0.4, -0.2) is 29.4 Å². The second-order valence-electron chi connectivity index (χ2n) is 4.04. The summed E-state index contributed by atoms with van der Waals surface area (Å²) >= 11 is 6.05. The zero-order valence-electron chi connectivity index (χ0n) is 9.81. The molecule has 1 aromatic rings. The number of nitrogens with zero attached hydrogens (tertiary/aromatic N) is 2. The molecule has 7 heteroatoms. The van der Waals surface area contributed by atoms with E-state index in [1.165, 1.54) is 6.20 Å². The molecule has 1 aromatic heterocycles. The summed E-state index contributed by atoms with van der Waals surface area (Å²) in [6, 6.07) is 1.10. The number of carbonyl (C=O) groups is 2. The van der Waals surface area contributed by atoms with Gasteiger partial charge in [-0.05, 0) is 12.5 Å². The fourth-order valence-electron chi connectivity index (χ4n) is 1.95. The first-order valence-electron chi connectivity index (χ1n) is 5.54. The van der Waals surface area contributed by atoms with Crippen LogP contribution in [0.1, 0.15) is 13.3 Å². The molecule has 1 atom stereocenters. The lowest BCUT2D eigenvalue weighted by Crippen LogP contribution is -2.58. The van der Waals surface area contributed by atoms with E-state index in [0.29, 0.717) is 22.9 Å². The third-order valence-electron chi connectivity index (χ3n) is 2.76. The molecule has 18 heavy (non-hydrogen) atoms. The fourth-order valence-corrected chi connectivity index (χ4v) is 2.24. The number of carbonyl (C=O) groups excluding carboxylic acids is 2. The van der Waals surface area contributed by atoms with E-state index in [0.717, 1.165) is 0 Å². The smallest absolute Gasteiger partial charge is 0.249 e. The van der Waals surface area contributed by atoms with Gasteiger partial charge in [0.05, 0.1) is 23.5 Å². The Morgan fingerprint density at radius 3 is 2.94 bits per heavy atom. The van der Waals surface area contributed by atoms with Crippen LogP contribution in [0.3, 0.4) is 0 Å². The summed E-state index contributed by atoms with van der Waals surface area (Å²) < 4.78 is 0. The summed E-state index contributed by atoms with van der Waals surface area (Å²) in [5.74, 6) is -0.288. The lowest BCUT2D eigenvalue weighted by Gasteiger charge is -2.34. The van der Waals surface area contributed by atoms with Gasteiger partial charge in [0.15, 0.2) is 0 Å². The predicted molar refractivity (Wildman–Crippen MR) is 68.2 cm³/mol. The van der Waals surface area contributed by atoms with E-state index < -0.39 is 6.04 Å². The summed E-state index contributed by atoms with van der Waals surface area (Å²) in [4.78, 5) is 28.9. The predicted octanol–water partition coefficient (Wildman–Crippen LogP) is 0.559. The average molecular weight is 269 g/mol. The Labute approximate surface area is 109 Å². The van der Waals surface area contributed by atoms with Gasteiger partial charge in [0, 0.05) is 0 Å². The molecular formula is C11H13ClN4O2. The minimum absolute atomic E-state index is 0.0564. The van der Waals surface area contributed by atoms with Crippen molar-refractivity contribution in [3.8, 4) is 0 Å². The average Bonchev–Trinajstić information content (AvgIpc) is 2.28. The summed E-state index contributed by atoms with van der Waals surface area (Å²) in [6.07, 6.45) is 2.01. The van der Waals surface area contributed by atoms with E-state index in [-0.39, 0.29) is 18.4 Å². The van der Waals surface area contributed by atoms with Crippen molar-refractivity contribution in [2.24, 2.45) is 0 Å². The first kappa shape index (κ1) is 12.6. The minimum Gasteiger partial charge on any atom is -0.397 e. The topological polar surface area (TPSA) is 88.3 Å². The molecule has 6 nitrogen and oxygen atoms in total. The highest BCUT2D eigenvalue weighted by molar-refractivity contribution is 6.33. The third-order valence-corrected chi connectivity index (χ3v) is 3.04. The maximum atomic E-state index is 11.7. The van der Waals surface area contributed by atoms with Crippen molar-refractivity contribution < 1.29 is 9.59 Å². The Balaban J connectivity index is 2.39. The zero-order valence-corrected chi connectivity index (χ0v) is 10.6. The number of nitrogens with two attached hydrogens (primary N) is 1. The van der Waals surface area contributed by atoms with Crippen molar-refractivity contribution in [1.29, 1.82) is 0 Å². The van der Waals surface area contributed by atoms with E-state index in [1.54, 1.807) is 11.0 Å². The number of hydrogen-bond acceptors (Lipinski definition) is 5. The fraction of sp³-hybridized carbons (Fsp3) is 0.364. The van der Waals surface area contributed by atoms with Gasteiger partial charge in [-0.1, -0.05) is 18.5 Å². The normalized spacial score (nSPS) is 19.9. The third kappa shape index (κ3) is 2.24. The summed E-state index contributed by atoms with van der Waals surface area (Å²) in [5, 5.41) is 2.63. The Morgan fingerprint density at radius 1 is 1.61 bits per heavy atom. The van der Waals surface area contributed by atoms with Crippen LogP contribution < -0.4 is 16.0 Å². The van der Waals surface area contributed by atoms with Gasteiger partial charge >= 0.3 is 0 Å². The van der Waals surface area contributed by atoms with Gasteiger partial charge in [-0.25, -0.2) is 4.98 Å². The SMILES string of the molecule is CCC1C(=O)NC(=O)CN1c1ncc(N)cc1Cl. The molecule has 2 heterocycles. The van der Waals surface area contributed by atoms with Gasteiger partial charge in [0.25, 0.3) is 0 Å². The number of nitrogen functional groups attached to an aromatic ring is 1. The van der Waals surface area contributed by atoms with Crippen molar-refractivity contribution in [3.63, 3.8) is 0 Å². The maximum absolute atomic E-state index is 11.7. The van der Waals surface area contributed by atoms with E-state index in [4.69, 9.17) is 17.3 Å². The zero-order chi connectivity index (χ0) is 13.3. The largest absolute Gasteiger partial charge is 0.397 e. The minimum atomic E-state index is -0.448. The number of amides is 2. The van der Waals surface area contributed by atoms with E-state index in [1.807, 2.05) is 6.92 Å². The molecule has 1 fully saturated rings. The highest BCUT2D eigenvalue weighted by atomic mass is 35.5. The molecule has 1 unspecified atom stereocenters. The quantitative estimate of drug-likeness (QED) is 0.765. The van der Waals surface area contributed by atoms with Crippen molar-refractivity contribution in [1.82, 2.24) is 10.3 Å². The molecule has 96 valence electrons. The monoisotopic (exact) mass is 268 g/mol. The molecule has 3 N–H and O–H groups in total. The van der Waals surface area contributed by atoms with Crippen LogP contribution >= 0.6 is 11.6 Å². The van der Waals surface area contributed by atoms with Crippen molar-refractivity contribution in [2.75, 3.05) is 17.2 Å². The number of pyridine rings is 1. The van der Waals surface area contributed by atoms with E-state index in [2.05, 4.69) is 10.3 Å². The molecule has 1 saturated heterocycles. The highest BCUT2D eigenvalue weighted by Crippen LogP contribution is 2.28. The highest BCUT2D eigenvalue weighted by Gasteiger charge is 2.34. The number of piperazine rings is 1. The molecule has 0 bridgehead atoms. The van der Waals surface area contributed by atoms with Crippen LogP contribution in [-0.2, 0) is 9.59 Å². The van der Waals surface area contributed by atoms with Gasteiger partial charge in [0.2, 0.25) is 11.8 Å². The molecular weight excluding hydrogens is 256 g/mol. The number of anilines is 2. The molecule has 0 aliphatic carbocycles. The number of halogens is 1. The number of imide groups is 1. The number of aromatic nitrogens is 1. The standard InChI is InChI=1S/C11H13ClN4O2/c1-2-8-11(18)15-9(17)5-16(8)10-7(12)3-6(13)4-14-10/h3-4,8H,2,5,13H2,1H3,(H,15,17,18). The van der Waals surface area contributed by atoms with Gasteiger partial charge in [-0.15, -0.1) is 0 Å². The summed E-state index contributed by atoms with van der Waals surface area (Å²) in [5.41, 5.74) is 6.00. The Bertz CT molecular complexity index is 506. The van der Waals surface area contributed by atoms with Gasteiger partial charge < -0.3 is 10.6 Å². The number of hydrogen-bond donors (Lipinski definition) is 2. The van der Waals surface area contributed by atoms with Crippen LogP contribution in [0.2, 0.25) is 5.02 Å². The van der Waals surface area contributed by atoms with E-state index >= 15 is 0 Å². The van der Waals surface area contributed by atoms with Crippen molar-refractivity contribution in [2.45, 2.75) is 19.4 Å². The first-order chi connectivity index (χ1) is 8.52. The number of nitrogens with one attached hydrogen (secondary N) is 1. The van der Waals surface area contributed by atoms with E-state index in [9.17, 15) is 9.59 Å². The molecule has 0 saturated carbocycles. The van der Waals surface area contributed by atoms with Gasteiger partial charge in [-0.2, -0.15) is 0 Å². The maximum Gasteiger partial charge on any atom is 0.249 e. The lowest BCUT2D eigenvalue weighted by molar-refractivity contribution is -0.132. The van der Waals surface area contributed by atoms with Crippen LogP contribution in [0.5, 0.6) is 0 Å². The molecule has 2 amide bonds. The van der Waals surface area contributed by atoms with Gasteiger partial charge in [-0.3, -0.25) is 14.9 Å². The molecule has 0 aromatic carbocycles. The molecule has 0 spiro atoms. The van der Waals surface area contributed by atoms with Crippen LogP contribution in [0.25, 0.3) is 0 Å². The summed E-state index contributed by atoms with van der Waals surface area (Å²) in [6.45, 7) is 1.92. The van der Waals surface area contributed by atoms with Crippen LogP contribution in [0, 0.1) is 0 Å². The molecule has 1 aliphatic heterocycles. The van der Waals surface area contributed by atoms with Crippen LogP contribution in [0.15, 0.2) is 12.3 Å². The molecule has 2 rings (SSSR count). The molecule has 1 aliphatic rings. The Kier molecular flexibility index (Phi) is 3.38. The Morgan fingerprint density at radius 2 is 2.33 bits per heavy atom. The van der Waals surface area contributed by atoms with Gasteiger partial charge in [0.1, 0.15) is 11.9 Å². The first-order valence-corrected chi connectivity index (χ1v) is 5.92. The van der Waals surface area contributed by atoms with Crippen molar-refractivity contribution >= 4 is 34.9 Å². The lowest BCUT2D eigenvalue weighted by atomic mass is 10.1. The van der Waals surface area contributed by atoms with Crippen molar-refractivity contribution in [3.05, 3.63) is 17.3 Å². The van der Waals surface area contributed by atoms with Crippen LogP contribution in [0.4, 0.5) is 11.5 Å². The second kappa shape index (κ2) is 4.81. The number of rotatable bonds is 2.